The Labute approximate surface area is 127 Å². The second kappa shape index (κ2) is 5.61. The van der Waals surface area contributed by atoms with E-state index in [9.17, 15) is 18.0 Å². The van der Waals surface area contributed by atoms with Crippen molar-refractivity contribution in [3.63, 3.8) is 0 Å². The zero-order valence-electron chi connectivity index (χ0n) is 10.4. The third kappa shape index (κ3) is 3.15. The number of halogens is 5. The molecule has 2 rings (SSSR count). The van der Waals surface area contributed by atoms with Crippen molar-refractivity contribution in [2.45, 2.75) is 38.0 Å². The molecule has 2 heterocycles. The summed E-state index contributed by atoms with van der Waals surface area (Å²) in [7, 11) is 0. The smallest absolute Gasteiger partial charge is 0.301 e. The zero-order valence-corrected chi connectivity index (χ0v) is 12.7. The summed E-state index contributed by atoms with van der Waals surface area (Å²) in [5, 5.41) is 2.86. The number of hydrogen-bond donors (Lipinski definition) is 1. The minimum atomic E-state index is -4.83. The van der Waals surface area contributed by atoms with E-state index in [0.29, 0.717) is 10.2 Å². The number of carbonyl (C=O) groups is 1. The van der Waals surface area contributed by atoms with Crippen molar-refractivity contribution in [3.05, 3.63) is 26.9 Å². The van der Waals surface area contributed by atoms with Gasteiger partial charge in [0.1, 0.15) is 5.15 Å². The number of hydrogen-bond acceptors (Lipinski definition) is 3. The molecule has 1 aliphatic rings. The molecule has 0 saturated carbocycles. The molecule has 1 aliphatic heterocycles. The molecule has 0 amide bonds. The SMILES string of the molecule is CC1CC(C(=O)C(F)(F)F)NCc2nc(Cl)c(Br)cc21. The highest BCUT2D eigenvalue weighted by Gasteiger charge is 2.44. The summed E-state index contributed by atoms with van der Waals surface area (Å²) in [6, 6.07) is 0.494. The molecule has 1 aromatic heterocycles. The molecule has 0 aliphatic carbocycles. The van der Waals surface area contributed by atoms with Crippen molar-refractivity contribution >= 4 is 33.3 Å². The van der Waals surface area contributed by atoms with E-state index in [1.807, 2.05) is 0 Å². The predicted molar refractivity (Wildman–Crippen MR) is 71.7 cm³/mol. The van der Waals surface area contributed by atoms with Gasteiger partial charge in [0.15, 0.2) is 0 Å². The number of alkyl halides is 3. The van der Waals surface area contributed by atoms with Gasteiger partial charge in [-0.25, -0.2) is 4.98 Å². The van der Waals surface area contributed by atoms with Crippen molar-refractivity contribution in [1.29, 1.82) is 0 Å². The maximum Gasteiger partial charge on any atom is 0.451 e. The number of aromatic nitrogens is 1. The molecule has 0 fully saturated rings. The molecule has 1 aromatic rings. The van der Waals surface area contributed by atoms with Crippen LogP contribution in [0.15, 0.2) is 10.5 Å². The number of nitrogens with one attached hydrogen (secondary N) is 1. The van der Waals surface area contributed by atoms with Gasteiger partial charge in [-0.2, -0.15) is 13.2 Å². The largest absolute Gasteiger partial charge is 0.451 e. The van der Waals surface area contributed by atoms with Gasteiger partial charge in [-0.15, -0.1) is 0 Å². The Balaban J connectivity index is 2.30. The number of pyridine rings is 1. The number of ketones is 1. The fraction of sp³-hybridized carbons (Fsp3) is 0.500. The standard InChI is InChI=1S/C12H11BrClF3N2O/c1-5-2-8(10(20)12(15,16)17)18-4-9-6(5)3-7(13)11(14)19-9/h3,5,8,18H,2,4H2,1H3. The van der Waals surface area contributed by atoms with Gasteiger partial charge in [-0.05, 0) is 39.9 Å². The lowest BCUT2D eigenvalue weighted by Crippen LogP contribution is -2.43. The van der Waals surface area contributed by atoms with Crippen LogP contribution < -0.4 is 5.32 Å². The number of rotatable bonds is 1. The van der Waals surface area contributed by atoms with E-state index >= 15 is 0 Å². The summed E-state index contributed by atoms with van der Waals surface area (Å²) in [5.41, 5.74) is 1.37. The van der Waals surface area contributed by atoms with Gasteiger partial charge in [0, 0.05) is 6.54 Å². The van der Waals surface area contributed by atoms with Crippen LogP contribution in [0.2, 0.25) is 5.15 Å². The third-order valence-corrected chi connectivity index (χ3v) is 4.40. The third-order valence-electron chi connectivity index (χ3n) is 3.28. The van der Waals surface area contributed by atoms with Crippen LogP contribution in [-0.4, -0.2) is 23.0 Å². The number of nitrogens with zero attached hydrogens (tertiary/aromatic N) is 1. The predicted octanol–water partition coefficient (Wildman–Crippen LogP) is 3.59. The Bertz CT molecular complexity index is 550. The second-order valence-corrected chi connectivity index (χ2v) is 5.94. The van der Waals surface area contributed by atoms with E-state index in [0.717, 1.165) is 5.56 Å². The van der Waals surface area contributed by atoms with E-state index in [2.05, 4.69) is 26.2 Å². The second-order valence-electron chi connectivity index (χ2n) is 4.73. The molecular formula is C12H11BrClF3N2O. The van der Waals surface area contributed by atoms with Crippen molar-refractivity contribution in [1.82, 2.24) is 10.3 Å². The first-order valence-corrected chi connectivity index (χ1v) is 7.06. The maximum atomic E-state index is 12.5. The Morgan fingerprint density at radius 3 is 2.80 bits per heavy atom. The Morgan fingerprint density at radius 1 is 1.55 bits per heavy atom. The minimum Gasteiger partial charge on any atom is -0.301 e. The zero-order chi connectivity index (χ0) is 15.1. The van der Waals surface area contributed by atoms with Crippen LogP contribution in [0.25, 0.3) is 0 Å². The molecule has 2 unspecified atom stereocenters. The van der Waals surface area contributed by atoms with Crippen LogP contribution in [-0.2, 0) is 11.3 Å². The summed E-state index contributed by atoms with van der Waals surface area (Å²) in [5.74, 6) is -1.97. The highest BCUT2D eigenvalue weighted by molar-refractivity contribution is 9.10. The van der Waals surface area contributed by atoms with Gasteiger partial charge in [0.25, 0.3) is 5.78 Å². The summed E-state index contributed by atoms with van der Waals surface area (Å²) < 4.78 is 38.1. The Morgan fingerprint density at radius 2 is 2.20 bits per heavy atom. The van der Waals surface area contributed by atoms with Gasteiger partial charge >= 0.3 is 6.18 Å². The first-order valence-electron chi connectivity index (χ1n) is 5.89. The van der Waals surface area contributed by atoms with Gasteiger partial charge in [-0.1, -0.05) is 18.5 Å². The summed E-state index contributed by atoms with van der Waals surface area (Å²) >= 11 is 9.13. The molecule has 0 spiro atoms. The van der Waals surface area contributed by atoms with Gasteiger partial charge < -0.3 is 5.32 Å². The van der Waals surface area contributed by atoms with Crippen LogP contribution in [0.3, 0.4) is 0 Å². The average molecular weight is 372 g/mol. The van der Waals surface area contributed by atoms with Crippen molar-refractivity contribution in [2.24, 2.45) is 0 Å². The first-order chi connectivity index (χ1) is 9.20. The normalized spacial score (nSPS) is 23.1. The lowest BCUT2D eigenvalue weighted by molar-refractivity contribution is -0.173. The molecule has 0 saturated heterocycles. The molecule has 20 heavy (non-hydrogen) atoms. The van der Waals surface area contributed by atoms with Crippen LogP contribution in [0.5, 0.6) is 0 Å². The molecular weight excluding hydrogens is 360 g/mol. The van der Waals surface area contributed by atoms with E-state index < -0.39 is 18.0 Å². The van der Waals surface area contributed by atoms with Crippen molar-refractivity contribution in [3.8, 4) is 0 Å². The molecule has 1 N–H and O–H groups in total. The number of carbonyl (C=O) groups excluding carboxylic acids is 1. The highest BCUT2D eigenvalue weighted by atomic mass is 79.9. The summed E-state index contributed by atoms with van der Waals surface area (Å²) in [4.78, 5) is 15.5. The Kier molecular flexibility index (Phi) is 4.41. The number of Topliss-reactive ketones (excluding diaryl/α,β-unsaturated/α-hetero) is 1. The summed E-state index contributed by atoms with van der Waals surface area (Å²) in [6.45, 7) is 1.85. The lowest BCUT2D eigenvalue weighted by Gasteiger charge is -2.18. The van der Waals surface area contributed by atoms with Crippen LogP contribution in [0, 0.1) is 0 Å². The molecule has 0 radical (unpaired) electrons. The van der Waals surface area contributed by atoms with Gasteiger partial charge in [0.05, 0.1) is 16.2 Å². The van der Waals surface area contributed by atoms with E-state index in [1.54, 1.807) is 13.0 Å². The molecule has 8 heteroatoms. The maximum absolute atomic E-state index is 12.5. The molecule has 3 nitrogen and oxygen atoms in total. The minimum absolute atomic E-state index is 0.0705. The van der Waals surface area contributed by atoms with Crippen LogP contribution in [0.4, 0.5) is 13.2 Å². The molecule has 0 aromatic carbocycles. The monoisotopic (exact) mass is 370 g/mol. The summed E-state index contributed by atoms with van der Waals surface area (Å²) in [6.07, 6.45) is -4.76. The fourth-order valence-electron chi connectivity index (χ4n) is 2.27. The molecule has 0 bridgehead atoms. The van der Waals surface area contributed by atoms with E-state index in [4.69, 9.17) is 11.6 Å². The quantitative estimate of drug-likeness (QED) is 0.767. The van der Waals surface area contributed by atoms with E-state index in [1.165, 1.54) is 0 Å². The average Bonchev–Trinajstić information content (AvgIpc) is 2.49. The van der Waals surface area contributed by atoms with Gasteiger partial charge in [0.2, 0.25) is 0 Å². The van der Waals surface area contributed by atoms with Crippen LogP contribution in [0.1, 0.15) is 30.5 Å². The van der Waals surface area contributed by atoms with Crippen molar-refractivity contribution in [2.75, 3.05) is 0 Å². The fourth-order valence-corrected chi connectivity index (χ4v) is 2.76. The lowest BCUT2D eigenvalue weighted by atomic mass is 9.93. The van der Waals surface area contributed by atoms with Crippen molar-refractivity contribution < 1.29 is 18.0 Å². The Hall–Kier alpha value is -0.660. The first kappa shape index (κ1) is 15.7. The number of fused-ring (bicyclic) bond motifs is 1. The van der Waals surface area contributed by atoms with Gasteiger partial charge in [-0.3, -0.25) is 4.79 Å². The molecule has 2 atom stereocenters. The topological polar surface area (TPSA) is 42.0 Å². The highest BCUT2D eigenvalue weighted by Crippen LogP contribution is 2.33. The van der Waals surface area contributed by atoms with E-state index in [-0.39, 0.29) is 24.0 Å². The van der Waals surface area contributed by atoms with Crippen LogP contribution >= 0.6 is 27.5 Å². The molecule has 110 valence electrons.